The quantitative estimate of drug-likeness (QED) is 0.379. The molecule has 3 aromatic rings. The summed E-state index contributed by atoms with van der Waals surface area (Å²) in [6.07, 6.45) is -4.75. The Morgan fingerprint density at radius 1 is 1.18 bits per heavy atom. The number of fused-ring (bicyclic) bond motifs is 1. The molecule has 12 heteroatoms. The molecule has 2 aromatic carbocycles. The molecule has 0 aliphatic carbocycles. The predicted molar refractivity (Wildman–Crippen MR) is 140 cm³/mol. The zero-order valence-electron chi connectivity index (χ0n) is 22.1. The zero-order valence-corrected chi connectivity index (χ0v) is 22.9. The molecule has 1 aromatic heterocycles. The third-order valence-electron chi connectivity index (χ3n) is 7.14. The van der Waals surface area contributed by atoms with Gasteiger partial charge in [-0.05, 0) is 57.5 Å². The lowest BCUT2D eigenvalue weighted by molar-refractivity contribution is -0.283. The number of ether oxygens (including phenoxy) is 3. The molecule has 0 bridgehead atoms. The van der Waals surface area contributed by atoms with Crippen molar-refractivity contribution in [1.82, 2.24) is 0 Å². The number of nitrogens with two attached hydrogens (primary N) is 1. The van der Waals surface area contributed by atoms with Crippen LogP contribution in [0, 0.1) is 19.8 Å². The third-order valence-corrected chi connectivity index (χ3v) is 8.78. The SMILES string of the molecule is Cc1cccc(S(=O)(=O)Cc2c(O)c3ccc(O[C@@H]4OC(C)(C)[C@H](C)[C@H](OC(N)=O)C4O)c(C)c3oc2=O)c1. The first-order chi connectivity index (χ1) is 18.1. The number of hydrogen-bond acceptors (Lipinski definition) is 10. The molecule has 0 saturated carbocycles. The summed E-state index contributed by atoms with van der Waals surface area (Å²) >= 11 is 0. The normalized spacial score (nSPS) is 22.9. The lowest BCUT2D eigenvalue weighted by Crippen LogP contribution is -2.61. The topological polar surface area (TPSA) is 176 Å². The molecule has 0 radical (unpaired) electrons. The second-order valence-corrected chi connectivity index (χ2v) is 12.2. The van der Waals surface area contributed by atoms with E-state index in [1.165, 1.54) is 24.3 Å². The second kappa shape index (κ2) is 10.2. The van der Waals surface area contributed by atoms with Crippen LogP contribution in [0.5, 0.6) is 11.5 Å². The van der Waals surface area contributed by atoms with Gasteiger partial charge in [-0.15, -0.1) is 0 Å². The Bertz CT molecular complexity index is 1590. The first kappa shape index (κ1) is 28.4. The van der Waals surface area contributed by atoms with Gasteiger partial charge in [0.2, 0.25) is 6.29 Å². The number of hydrogen-bond donors (Lipinski definition) is 3. The molecule has 210 valence electrons. The van der Waals surface area contributed by atoms with E-state index in [2.05, 4.69) is 0 Å². The number of aliphatic hydroxyl groups excluding tert-OH is 1. The number of benzene rings is 2. The van der Waals surface area contributed by atoms with Crippen molar-refractivity contribution in [2.45, 2.75) is 69.4 Å². The summed E-state index contributed by atoms with van der Waals surface area (Å²) in [7, 11) is -3.96. The fraction of sp³-hybridized carbons (Fsp3) is 0.407. The van der Waals surface area contributed by atoms with E-state index in [1.807, 2.05) is 0 Å². The van der Waals surface area contributed by atoms with E-state index in [-0.39, 0.29) is 27.2 Å². The summed E-state index contributed by atoms with van der Waals surface area (Å²) in [6.45, 7) is 8.53. The van der Waals surface area contributed by atoms with Crippen molar-refractivity contribution in [1.29, 1.82) is 0 Å². The molecule has 1 amide bonds. The molecule has 1 fully saturated rings. The maximum Gasteiger partial charge on any atom is 0.404 e. The standard InChI is InChI=1S/C27H31NO10S/c1-13-7-6-8-16(11-13)39(33,34)12-18-20(29)17-9-10-19(14(2)22(17)36-24(18)31)35-25-21(30)23(37-26(28)32)15(3)27(4,5)38-25/h6-11,15,21,23,25,29-30H,12H2,1-5H3,(H2,28,32)/t15-,21?,23+,25-/m1/s1. The van der Waals surface area contributed by atoms with Gasteiger partial charge in [0.05, 0.1) is 27.2 Å². The minimum Gasteiger partial charge on any atom is -0.507 e. The van der Waals surface area contributed by atoms with E-state index in [0.29, 0.717) is 0 Å². The number of aromatic hydroxyl groups is 1. The molecule has 11 nitrogen and oxygen atoms in total. The highest BCUT2D eigenvalue weighted by atomic mass is 32.2. The van der Waals surface area contributed by atoms with Crippen LogP contribution in [-0.4, -0.2) is 48.8 Å². The van der Waals surface area contributed by atoms with E-state index in [9.17, 15) is 28.2 Å². The molecule has 1 aliphatic rings. The Morgan fingerprint density at radius 2 is 1.87 bits per heavy atom. The summed E-state index contributed by atoms with van der Waals surface area (Å²) in [4.78, 5) is 24.3. The summed E-state index contributed by atoms with van der Waals surface area (Å²) in [5, 5.41) is 21.8. The van der Waals surface area contributed by atoms with Crippen LogP contribution in [0.15, 0.2) is 50.5 Å². The second-order valence-electron chi connectivity index (χ2n) is 10.2. The van der Waals surface area contributed by atoms with Crippen LogP contribution in [0.25, 0.3) is 11.0 Å². The fourth-order valence-electron chi connectivity index (χ4n) is 4.59. The van der Waals surface area contributed by atoms with Gasteiger partial charge in [0.25, 0.3) is 0 Å². The lowest BCUT2D eigenvalue weighted by Gasteiger charge is -2.47. The Morgan fingerprint density at radius 3 is 2.51 bits per heavy atom. The van der Waals surface area contributed by atoms with Gasteiger partial charge in [-0.3, -0.25) is 0 Å². The molecule has 4 rings (SSSR count). The van der Waals surface area contributed by atoms with E-state index in [0.717, 1.165) is 5.56 Å². The lowest BCUT2D eigenvalue weighted by atomic mass is 9.82. The molecular formula is C27H31NO10S. The van der Waals surface area contributed by atoms with Crippen LogP contribution in [0.2, 0.25) is 0 Å². The molecule has 2 heterocycles. The van der Waals surface area contributed by atoms with Crippen LogP contribution in [0.3, 0.4) is 0 Å². The molecule has 39 heavy (non-hydrogen) atoms. The van der Waals surface area contributed by atoms with Gasteiger partial charge in [0.15, 0.2) is 15.9 Å². The van der Waals surface area contributed by atoms with E-state index in [1.54, 1.807) is 46.8 Å². The van der Waals surface area contributed by atoms with Crippen LogP contribution >= 0.6 is 0 Å². The van der Waals surface area contributed by atoms with Crippen molar-refractivity contribution in [3.05, 3.63) is 63.5 Å². The molecule has 1 unspecified atom stereocenters. The van der Waals surface area contributed by atoms with Gasteiger partial charge < -0.3 is 34.6 Å². The number of carbonyl (C=O) groups excluding carboxylic acids is 1. The van der Waals surface area contributed by atoms with Crippen molar-refractivity contribution in [3.63, 3.8) is 0 Å². The van der Waals surface area contributed by atoms with Gasteiger partial charge in [0.1, 0.15) is 23.2 Å². The van der Waals surface area contributed by atoms with Crippen LogP contribution in [0.4, 0.5) is 4.79 Å². The number of primary amides is 1. The fourth-order valence-corrected chi connectivity index (χ4v) is 6.04. The predicted octanol–water partition coefficient (Wildman–Crippen LogP) is 3.06. The molecule has 4 atom stereocenters. The van der Waals surface area contributed by atoms with Gasteiger partial charge >= 0.3 is 11.7 Å². The Hall–Kier alpha value is -3.61. The number of sulfone groups is 1. The maximum absolute atomic E-state index is 12.9. The number of rotatable bonds is 6. The van der Waals surface area contributed by atoms with Crippen molar-refractivity contribution in [2.75, 3.05) is 0 Å². The van der Waals surface area contributed by atoms with Crippen LogP contribution in [-0.2, 0) is 25.1 Å². The number of amides is 1. The zero-order chi connectivity index (χ0) is 28.9. The Kier molecular flexibility index (Phi) is 7.41. The largest absolute Gasteiger partial charge is 0.507 e. The minimum absolute atomic E-state index is 0.0169. The molecule has 0 spiro atoms. The van der Waals surface area contributed by atoms with E-state index < -0.39 is 68.6 Å². The van der Waals surface area contributed by atoms with Gasteiger partial charge in [-0.25, -0.2) is 18.0 Å². The average Bonchev–Trinajstić information content (AvgIpc) is 2.84. The van der Waals surface area contributed by atoms with Crippen LogP contribution in [0.1, 0.15) is 37.5 Å². The van der Waals surface area contributed by atoms with E-state index in [4.69, 9.17) is 24.4 Å². The van der Waals surface area contributed by atoms with Crippen molar-refractivity contribution in [2.24, 2.45) is 11.7 Å². The highest BCUT2D eigenvalue weighted by Gasteiger charge is 2.50. The van der Waals surface area contributed by atoms with Crippen molar-refractivity contribution in [3.8, 4) is 11.5 Å². The van der Waals surface area contributed by atoms with Gasteiger partial charge in [-0.2, -0.15) is 0 Å². The van der Waals surface area contributed by atoms with Crippen molar-refractivity contribution >= 4 is 26.9 Å². The summed E-state index contributed by atoms with van der Waals surface area (Å²) < 4.78 is 48.3. The number of aryl methyl sites for hydroxylation is 2. The first-order valence-electron chi connectivity index (χ1n) is 12.2. The third kappa shape index (κ3) is 5.45. The summed E-state index contributed by atoms with van der Waals surface area (Å²) in [6, 6.07) is 9.09. The highest BCUT2D eigenvalue weighted by Crippen LogP contribution is 2.39. The molecular weight excluding hydrogens is 530 g/mol. The highest BCUT2D eigenvalue weighted by molar-refractivity contribution is 7.90. The first-order valence-corrected chi connectivity index (χ1v) is 13.8. The molecule has 1 saturated heterocycles. The minimum atomic E-state index is -3.96. The summed E-state index contributed by atoms with van der Waals surface area (Å²) in [5.74, 6) is -1.56. The van der Waals surface area contributed by atoms with Crippen molar-refractivity contribution < 1.29 is 42.1 Å². The summed E-state index contributed by atoms with van der Waals surface area (Å²) in [5.41, 5.74) is 3.87. The smallest absolute Gasteiger partial charge is 0.404 e. The number of aliphatic hydroxyl groups is 1. The monoisotopic (exact) mass is 561 g/mol. The maximum atomic E-state index is 12.9. The van der Waals surface area contributed by atoms with E-state index >= 15 is 0 Å². The van der Waals surface area contributed by atoms with Crippen LogP contribution < -0.4 is 16.1 Å². The van der Waals surface area contributed by atoms with Gasteiger partial charge in [0, 0.05) is 11.5 Å². The Balaban J connectivity index is 1.69. The molecule has 4 N–H and O–H groups in total. The van der Waals surface area contributed by atoms with Gasteiger partial charge in [-0.1, -0.05) is 19.1 Å². The average molecular weight is 562 g/mol. The Labute approximate surface area is 225 Å². The molecule has 1 aliphatic heterocycles. The number of carbonyl (C=O) groups is 1.